The predicted molar refractivity (Wildman–Crippen MR) is 303 cm³/mol. The van der Waals surface area contributed by atoms with Crippen LogP contribution in [-0.2, 0) is 5.41 Å². The Kier molecular flexibility index (Phi) is 9.49. The van der Waals surface area contributed by atoms with Crippen LogP contribution in [0.3, 0.4) is 0 Å². The third kappa shape index (κ3) is 6.62. The highest BCUT2D eigenvalue weighted by Gasteiger charge is 2.51. The monoisotopic (exact) mass is 923 g/mol. The van der Waals surface area contributed by atoms with Gasteiger partial charge in [0.05, 0.1) is 5.69 Å². The summed E-state index contributed by atoms with van der Waals surface area (Å²) in [6, 6.07) is 85.3. The minimum Gasteiger partial charge on any atom is -0.455 e. The van der Waals surface area contributed by atoms with Crippen molar-refractivity contribution in [2.75, 3.05) is 4.90 Å². The van der Waals surface area contributed by atoms with Gasteiger partial charge in [0.1, 0.15) is 11.3 Å². The van der Waals surface area contributed by atoms with Crippen LogP contribution in [-0.4, -0.2) is 0 Å². The van der Waals surface area contributed by atoms with Crippen molar-refractivity contribution in [3.63, 3.8) is 0 Å². The molecule has 4 bridgehead atoms. The van der Waals surface area contributed by atoms with E-state index in [2.05, 4.69) is 235 Å². The Labute approximate surface area is 420 Å². The third-order valence-corrected chi connectivity index (χ3v) is 17.2. The summed E-state index contributed by atoms with van der Waals surface area (Å²) in [7, 11) is 0. The Balaban J connectivity index is 0.866. The van der Waals surface area contributed by atoms with Crippen molar-refractivity contribution in [1.82, 2.24) is 0 Å². The van der Waals surface area contributed by atoms with Crippen molar-refractivity contribution in [3.05, 3.63) is 236 Å². The summed E-state index contributed by atoms with van der Waals surface area (Å²) in [4.78, 5) is 2.50. The van der Waals surface area contributed by atoms with Gasteiger partial charge >= 0.3 is 0 Å². The van der Waals surface area contributed by atoms with Gasteiger partial charge in [-0.05, 0) is 170 Å². The van der Waals surface area contributed by atoms with E-state index in [-0.39, 0.29) is 0 Å². The van der Waals surface area contributed by atoms with Gasteiger partial charge in [-0.25, -0.2) is 0 Å². The summed E-state index contributed by atoms with van der Waals surface area (Å²) in [5, 5.41) is 10.9. The van der Waals surface area contributed by atoms with Crippen LogP contribution in [0.25, 0.3) is 98.8 Å². The van der Waals surface area contributed by atoms with E-state index in [0.29, 0.717) is 5.41 Å². The van der Waals surface area contributed by atoms with Gasteiger partial charge in [0.2, 0.25) is 0 Å². The largest absolute Gasteiger partial charge is 0.455 e. The van der Waals surface area contributed by atoms with Gasteiger partial charge in [-0.2, -0.15) is 0 Å². The molecular weight excluding hydrogens is 871 g/mol. The first kappa shape index (κ1) is 41.6. The van der Waals surface area contributed by atoms with Crippen LogP contribution >= 0.6 is 0 Å². The van der Waals surface area contributed by atoms with E-state index in [4.69, 9.17) is 4.42 Å². The summed E-state index contributed by atoms with van der Waals surface area (Å²) in [5.41, 5.74) is 14.5. The summed E-state index contributed by atoms with van der Waals surface area (Å²) in [6.45, 7) is 0. The topological polar surface area (TPSA) is 16.4 Å². The zero-order valence-corrected chi connectivity index (χ0v) is 40.3. The van der Waals surface area contributed by atoms with Crippen LogP contribution in [0.2, 0.25) is 0 Å². The second kappa shape index (κ2) is 16.4. The highest BCUT2D eigenvalue weighted by Crippen LogP contribution is 2.61. The van der Waals surface area contributed by atoms with Crippen LogP contribution < -0.4 is 4.90 Å². The molecule has 0 atom stereocenters. The second-order valence-corrected chi connectivity index (χ2v) is 21.4. The van der Waals surface area contributed by atoms with Crippen LogP contribution in [0.4, 0.5) is 17.1 Å². The first-order chi connectivity index (χ1) is 35.6. The first-order valence-corrected chi connectivity index (χ1v) is 26.2. The highest BCUT2D eigenvalue weighted by molar-refractivity contribution is 6.29. The van der Waals surface area contributed by atoms with E-state index >= 15 is 0 Å². The SMILES string of the molecule is c1ccc(-c2oc3c4ccc(-c5ccc(N(c6ccc(C78CC9CC(CC(C9)C7)C8)cc6)c6ccc(-c7cccc8ccccc78)c7ccccc67)cc5)cc4c4ccccc4c3c2-c2ccccc2)cc1. The lowest BCUT2D eigenvalue weighted by Gasteiger charge is -2.57. The number of benzene rings is 11. The highest BCUT2D eigenvalue weighted by atomic mass is 16.3. The Morgan fingerprint density at radius 2 is 0.931 bits per heavy atom. The fraction of sp³-hybridized carbons (Fsp3) is 0.143. The average molecular weight is 924 g/mol. The summed E-state index contributed by atoms with van der Waals surface area (Å²) < 4.78 is 7.08. The van der Waals surface area contributed by atoms with Gasteiger partial charge in [-0.3, -0.25) is 0 Å². The number of fused-ring (bicyclic) bond motifs is 8. The Morgan fingerprint density at radius 1 is 0.375 bits per heavy atom. The maximum Gasteiger partial charge on any atom is 0.143 e. The van der Waals surface area contributed by atoms with Crippen molar-refractivity contribution in [3.8, 4) is 44.7 Å². The number of nitrogens with zero attached hydrogens (tertiary/aromatic N) is 1. The molecule has 4 aliphatic rings. The second-order valence-electron chi connectivity index (χ2n) is 21.4. The fourth-order valence-corrected chi connectivity index (χ4v) is 14.5. The van der Waals surface area contributed by atoms with Crippen LogP contribution in [0.5, 0.6) is 0 Å². The predicted octanol–water partition coefficient (Wildman–Crippen LogP) is 19.7. The van der Waals surface area contributed by atoms with Gasteiger partial charge in [0.25, 0.3) is 0 Å². The molecule has 1 aromatic heterocycles. The Morgan fingerprint density at radius 3 is 1.64 bits per heavy atom. The van der Waals surface area contributed by atoms with Crippen LogP contribution in [0, 0.1) is 17.8 Å². The van der Waals surface area contributed by atoms with Crippen molar-refractivity contribution >= 4 is 71.1 Å². The number of anilines is 3. The summed E-state index contributed by atoms with van der Waals surface area (Å²) in [6.07, 6.45) is 8.46. The van der Waals surface area contributed by atoms with Crippen LogP contribution in [0.15, 0.2) is 235 Å². The number of rotatable bonds is 8. The molecule has 4 fully saturated rings. The Hall–Kier alpha value is -8.20. The molecule has 72 heavy (non-hydrogen) atoms. The number of hydrogen-bond donors (Lipinski definition) is 0. The molecule has 12 aromatic rings. The molecule has 0 N–H and O–H groups in total. The van der Waals surface area contributed by atoms with Gasteiger partial charge < -0.3 is 9.32 Å². The molecule has 4 aliphatic carbocycles. The van der Waals surface area contributed by atoms with Crippen molar-refractivity contribution in [2.45, 2.75) is 43.9 Å². The summed E-state index contributed by atoms with van der Waals surface area (Å²) in [5.74, 6) is 3.62. The molecule has 0 amide bonds. The van der Waals surface area contributed by atoms with E-state index in [1.54, 1.807) is 5.56 Å². The maximum atomic E-state index is 7.08. The van der Waals surface area contributed by atoms with E-state index in [1.807, 2.05) is 0 Å². The Bertz CT molecular complexity index is 4010. The third-order valence-electron chi connectivity index (χ3n) is 17.2. The average Bonchev–Trinajstić information content (AvgIpc) is 3.85. The molecule has 2 nitrogen and oxygen atoms in total. The van der Waals surface area contributed by atoms with Crippen molar-refractivity contribution in [2.24, 2.45) is 17.8 Å². The van der Waals surface area contributed by atoms with E-state index in [0.717, 1.165) is 62.2 Å². The lowest BCUT2D eigenvalue weighted by Crippen LogP contribution is -2.48. The van der Waals surface area contributed by atoms with Gasteiger partial charge in [-0.15, -0.1) is 0 Å². The molecule has 11 aromatic carbocycles. The standard InChI is InChI=1S/C70H53NO/c1-3-15-50(16-4-1)66-67-62-24-12-10-22-59(62)64-41-52(28-35-63(64)69(67)72-68(66)51-17-5-2-6-18-51)48-26-31-54(32-27-48)71(55-33-29-53(30-34-55)70-42-45-38-46(43-70)40-47(39-45)44-70)65-37-36-60(58-21-9-11-23-61(58)65)57-25-13-19-49-14-7-8-20-56(49)57/h1-37,41,45-47H,38-40,42-44H2. The molecule has 0 radical (unpaired) electrons. The molecule has 2 heteroatoms. The lowest BCUT2D eigenvalue weighted by atomic mass is 9.48. The maximum absolute atomic E-state index is 7.08. The van der Waals surface area contributed by atoms with Gasteiger partial charge in [-0.1, -0.05) is 188 Å². The van der Waals surface area contributed by atoms with E-state index < -0.39 is 0 Å². The van der Waals surface area contributed by atoms with Crippen molar-refractivity contribution < 1.29 is 4.42 Å². The molecule has 0 unspecified atom stereocenters. The summed E-state index contributed by atoms with van der Waals surface area (Å²) >= 11 is 0. The molecule has 16 rings (SSSR count). The zero-order valence-electron chi connectivity index (χ0n) is 40.3. The molecule has 0 aliphatic heterocycles. The lowest BCUT2D eigenvalue weighted by molar-refractivity contribution is -0.00518. The number of furan rings is 1. The van der Waals surface area contributed by atoms with Crippen LogP contribution in [0.1, 0.15) is 44.1 Å². The normalized spacial score (nSPS) is 19.2. The molecular formula is C70H53NO. The van der Waals surface area contributed by atoms with E-state index in [9.17, 15) is 0 Å². The molecule has 0 saturated heterocycles. The fourth-order valence-electron chi connectivity index (χ4n) is 14.5. The smallest absolute Gasteiger partial charge is 0.143 e. The minimum absolute atomic E-state index is 0.342. The zero-order chi connectivity index (χ0) is 47.3. The number of hydrogen-bond acceptors (Lipinski definition) is 2. The molecule has 1 heterocycles. The molecule has 0 spiro atoms. The quantitative estimate of drug-likeness (QED) is 0.141. The molecule has 4 saturated carbocycles. The minimum atomic E-state index is 0.342. The molecule has 344 valence electrons. The van der Waals surface area contributed by atoms with Gasteiger partial charge in [0, 0.05) is 38.7 Å². The van der Waals surface area contributed by atoms with E-state index in [1.165, 1.54) is 110 Å². The van der Waals surface area contributed by atoms with Gasteiger partial charge in [0.15, 0.2) is 0 Å². The van der Waals surface area contributed by atoms with Crippen molar-refractivity contribution in [1.29, 1.82) is 0 Å². The first-order valence-electron chi connectivity index (χ1n) is 26.2.